The van der Waals surface area contributed by atoms with Crippen molar-refractivity contribution < 1.29 is 51.9 Å². The molecular weight excluding hydrogens is 567 g/mol. The fourth-order valence-electron chi connectivity index (χ4n) is 4.67. The van der Waals surface area contributed by atoms with Gasteiger partial charge in [0.15, 0.2) is 0 Å². The van der Waals surface area contributed by atoms with E-state index in [-0.39, 0.29) is 38.1 Å². The van der Waals surface area contributed by atoms with Crippen molar-refractivity contribution in [1.29, 1.82) is 0 Å². The normalized spacial score (nSPS) is 12.5. The first-order valence-electron chi connectivity index (χ1n) is 13.7. The van der Waals surface area contributed by atoms with E-state index in [2.05, 4.69) is 5.32 Å². The third-order valence-electron chi connectivity index (χ3n) is 6.60. The average Bonchev–Trinajstić information content (AvgIpc) is 2.89. The quantitative estimate of drug-likeness (QED) is 0.243. The van der Waals surface area contributed by atoms with Crippen LogP contribution in [0.25, 0.3) is 11.1 Å². The van der Waals surface area contributed by atoms with Crippen molar-refractivity contribution in [3.63, 3.8) is 0 Å². The zero-order valence-corrected chi connectivity index (χ0v) is 26.3. The van der Waals surface area contributed by atoms with E-state index in [1.54, 1.807) is 39.0 Å². The van der Waals surface area contributed by atoms with Gasteiger partial charge >= 0.3 is 30.8 Å². The molecule has 0 saturated heterocycles. The van der Waals surface area contributed by atoms with E-state index in [1.165, 1.54) is 23.9 Å². The summed E-state index contributed by atoms with van der Waals surface area (Å²) in [6.07, 6.45) is 2.36. The van der Waals surface area contributed by atoms with Crippen LogP contribution in [0.2, 0.25) is 0 Å². The number of aliphatic carboxylic acids is 1. The number of amides is 1. The Morgan fingerprint density at radius 1 is 0.930 bits per heavy atom. The number of benzene rings is 3. The molecule has 0 heterocycles. The molecule has 0 saturated carbocycles. The third-order valence-corrected chi connectivity index (χ3v) is 7.25. The molecule has 1 amide bonds. The Balaban J connectivity index is 0.00000645. The van der Waals surface area contributed by atoms with Crippen molar-refractivity contribution in [2.24, 2.45) is 5.92 Å². The molecule has 0 aliphatic heterocycles. The molecule has 3 rings (SSSR count). The van der Waals surface area contributed by atoms with Gasteiger partial charge in [0.1, 0.15) is 23.3 Å². The predicted molar refractivity (Wildman–Crippen MR) is 162 cm³/mol. The molecule has 0 radical (unpaired) electrons. The molecule has 0 fully saturated rings. The van der Waals surface area contributed by atoms with Crippen LogP contribution in [0.3, 0.4) is 0 Å². The van der Waals surface area contributed by atoms with Crippen LogP contribution in [-0.2, 0) is 27.2 Å². The molecule has 0 spiro atoms. The number of hydrogen-bond acceptors (Lipinski definition) is 5. The molecule has 3 aromatic carbocycles. The number of aryl methyl sites for hydroxylation is 1. The number of carboxylic acid groups (broad SMARTS) is 1. The van der Waals surface area contributed by atoms with Crippen LogP contribution in [0.5, 0.6) is 0 Å². The van der Waals surface area contributed by atoms with Crippen LogP contribution in [0.4, 0.5) is 8.78 Å². The monoisotopic (exact) mass is 604 g/mol. The maximum absolute atomic E-state index is 14.0. The molecule has 2 unspecified atom stereocenters. The molecule has 0 bridgehead atoms. The van der Waals surface area contributed by atoms with Crippen molar-refractivity contribution in [1.82, 2.24) is 5.32 Å². The van der Waals surface area contributed by atoms with Crippen LogP contribution in [0.1, 0.15) is 54.2 Å². The van der Waals surface area contributed by atoms with Crippen molar-refractivity contribution in [3.05, 3.63) is 94.6 Å². The number of ether oxygens (including phenoxy) is 1. The molecule has 224 valence electrons. The summed E-state index contributed by atoms with van der Waals surface area (Å²) in [4.78, 5) is 38.5. The summed E-state index contributed by atoms with van der Waals surface area (Å²) in [5.41, 5.74) is 2.81. The fourth-order valence-corrected chi connectivity index (χ4v) is 5.14. The maximum atomic E-state index is 14.0. The van der Waals surface area contributed by atoms with Crippen molar-refractivity contribution in [2.75, 3.05) is 12.0 Å². The molecular formula is C33H37F2LiNO5S+. The summed E-state index contributed by atoms with van der Waals surface area (Å²) >= 11 is 1.49. The second kappa shape index (κ2) is 16.1. The van der Waals surface area contributed by atoms with Gasteiger partial charge in [-0.05, 0) is 105 Å². The number of carbonyl (C=O) groups excluding carboxylic acids is 2. The zero-order chi connectivity index (χ0) is 31.0. The van der Waals surface area contributed by atoms with E-state index in [1.807, 2.05) is 37.4 Å². The summed E-state index contributed by atoms with van der Waals surface area (Å²) in [7, 11) is 0. The first-order chi connectivity index (χ1) is 19.8. The Morgan fingerprint density at radius 2 is 1.56 bits per heavy atom. The summed E-state index contributed by atoms with van der Waals surface area (Å²) in [5.74, 6) is -3.80. The summed E-state index contributed by atoms with van der Waals surface area (Å²) in [6.45, 7) is 7.15. The standard InChI is InChI=1S/C33H37F2NO5S.Li/c1-20-8-6-7-9-26(20)28-18-21(10-11-27(28)30(37)36-29(31(38)39)12-13-42-5)14-23(32(40)41-33(2,3)4)15-22-16-24(34)19-25(35)17-22;/h6-11,16-19,23,29H,12-15H2,1-5H3,(H,36,37)(H,38,39);/q;+1. The van der Waals surface area contributed by atoms with Gasteiger partial charge in [-0.2, -0.15) is 11.8 Å². The molecule has 0 aliphatic rings. The van der Waals surface area contributed by atoms with E-state index in [0.29, 0.717) is 28.0 Å². The fraction of sp³-hybridized carbons (Fsp3) is 0.364. The Hall–Kier alpha value is -3.12. The summed E-state index contributed by atoms with van der Waals surface area (Å²) in [5, 5.41) is 12.3. The number of thioether (sulfide) groups is 1. The second-order valence-corrected chi connectivity index (χ2v) is 12.2. The molecule has 6 nitrogen and oxygen atoms in total. The molecule has 2 N–H and O–H groups in total. The summed E-state index contributed by atoms with van der Waals surface area (Å²) < 4.78 is 33.6. The van der Waals surface area contributed by atoms with Gasteiger partial charge < -0.3 is 15.2 Å². The maximum Gasteiger partial charge on any atom is 1.00 e. The van der Waals surface area contributed by atoms with Gasteiger partial charge in [-0.3, -0.25) is 9.59 Å². The van der Waals surface area contributed by atoms with Crippen LogP contribution >= 0.6 is 11.8 Å². The Labute approximate surface area is 268 Å². The predicted octanol–water partition coefficient (Wildman–Crippen LogP) is 3.62. The van der Waals surface area contributed by atoms with E-state index < -0.39 is 47.0 Å². The van der Waals surface area contributed by atoms with E-state index in [4.69, 9.17) is 4.74 Å². The van der Waals surface area contributed by atoms with Gasteiger partial charge in [0.2, 0.25) is 0 Å². The Bertz CT molecular complexity index is 1420. The minimum absolute atomic E-state index is 0. The number of carboxylic acids is 1. The van der Waals surface area contributed by atoms with Gasteiger partial charge in [0.25, 0.3) is 5.91 Å². The van der Waals surface area contributed by atoms with Gasteiger partial charge in [-0.1, -0.05) is 36.4 Å². The van der Waals surface area contributed by atoms with E-state index in [0.717, 1.165) is 17.2 Å². The number of halogens is 2. The minimum atomic E-state index is -1.11. The molecule has 43 heavy (non-hydrogen) atoms. The Morgan fingerprint density at radius 3 is 2.14 bits per heavy atom. The van der Waals surface area contributed by atoms with Crippen LogP contribution in [0.15, 0.2) is 60.7 Å². The van der Waals surface area contributed by atoms with Crippen molar-refractivity contribution in [2.45, 2.75) is 58.6 Å². The number of esters is 1. The van der Waals surface area contributed by atoms with Crippen molar-refractivity contribution in [3.8, 4) is 11.1 Å². The molecule has 3 aromatic rings. The van der Waals surface area contributed by atoms with Gasteiger partial charge in [-0.15, -0.1) is 0 Å². The average molecular weight is 605 g/mol. The first kappa shape index (κ1) is 36.1. The SMILES string of the molecule is CSCCC(NC(=O)c1ccc(CC(Cc2cc(F)cc(F)c2)C(=O)OC(C)(C)C)cc1-c1ccccc1C)C(=O)O.[Li+]. The van der Waals surface area contributed by atoms with Crippen molar-refractivity contribution >= 4 is 29.6 Å². The van der Waals surface area contributed by atoms with Gasteiger partial charge in [0, 0.05) is 11.6 Å². The molecule has 10 heteroatoms. The van der Waals surface area contributed by atoms with E-state index in [9.17, 15) is 28.3 Å². The zero-order valence-electron chi connectivity index (χ0n) is 25.5. The first-order valence-corrected chi connectivity index (χ1v) is 15.1. The minimum Gasteiger partial charge on any atom is -0.480 e. The van der Waals surface area contributed by atoms with Crippen LogP contribution in [0, 0.1) is 24.5 Å². The second-order valence-electron chi connectivity index (χ2n) is 11.3. The van der Waals surface area contributed by atoms with E-state index >= 15 is 0 Å². The number of hydrogen-bond donors (Lipinski definition) is 2. The van der Waals surface area contributed by atoms with Crippen LogP contribution < -0.4 is 24.2 Å². The smallest absolute Gasteiger partial charge is 0.480 e. The Kier molecular flexibility index (Phi) is 13.5. The number of rotatable bonds is 12. The molecule has 0 aromatic heterocycles. The summed E-state index contributed by atoms with van der Waals surface area (Å²) in [6, 6.07) is 14.8. The largest absolute Gasteiger partial charge is 1.00 e. The molecule has 2 atom stereocenters. The van der Waals surface area contributed by atoms with Gasteiger partial charge in [0.05, 0.1) is 5.92 Å². The molecule has 0 aliphatic carbocycles. The van der Waals surface area contributed by atoms with Crippen LogP contribution in [-0.4, -0.2) is 46.6 Å². The number of carbonyl (C=O) groups is 3. The topological polar surface area (TPSA) is 92.7 Å². The third kappa shape index (κ3) is 10.8. The van der Waals surface area contributed by atoms with Gasteiger partial charge in [-0.25, -0.2) is 13.6 Å². The number of nitrogens with one attached hydrogen (secondary N) is 1.